The first-order valence-electron chi connectivity index (χ1n) is 7.38. The molecule has 3 heteroatoms. The predicted octanol–water partition coefficient (Wildman–Crippen LogP) is 4.58. The molecule has 0 spiro atoms. The first-order chi connectivity index (χ1) is 8.70. The lowest BCUT2D eigenvalue weighted by atomic mass is 9.94. The average Bonchev–Trinajstić information content (AvgIpc) is 2.75. The normalized spacial score (nSPS) is 26.8. The molecule has 1 heterocycles. The minimum absolute atomic E-state index is 0.348. The van der Waals surface area contributed by atoms with Crippen molar-refractivity contribution in [3.05, 3.63) is 18.0 Å². The van der Waals surface area contributed by atoms with E-state index in [0.29, 0.717) is 17.3 Å². The molecule has 1 aliphatic rings. The Hall–Kier alpha value is -0.500. The lowest BCUT2D eigenvalue weighted by molar-refractivity contribution is 0.442. The number of aromatic nitrogens is 2. The molecule has 1 saturated carbocycles. The monoisotopic (exact) mass is 268 g/mol. The van der Waals surface area contributed by atoms with Gasteiger partial charge >= 0.3 is 0 Å². The molecular formula is C15H25ClN2. The Balaban J connectivity index is 1.97. The molecule has 1 aromatic rings. The second-order valence-electron chi connectivity index (χ2n) is 5.66. The van der Waals surface area contributed by atoms with Gasteiger partial charge in [-0.2, -0.15) is 5.10 Å². The Bertz CT molecular complexity index is 361. The van der Waals surface area contributed by atoms with Crippen LogP contribution in [-0.2, 0) is 6.42 Å². The Morgan fingerprint density at radius 1 is 1.39 bits per heavy atom. The van der Waals surface area contributed by atoms with Gasteiger partial charge in [-0.1, -0.05) is 26.2 Å². The fraction of sp³-hybridized carbons (Fsp3) is 0.800. The lowest BCUT2D eigenvalue weighted by Crippen LogP contribution is -2.16. The van der Waals surface area contributed by atoms with E-state index in [1.54, 1.807) is 0 Å². The molecule has 0 amide bonds. The highest BCUT2D eigenvalue weighted by Gasteiger charge is 2.22. The summed E-state index contributed by atoms with van der Waals surface area (Å²) >= 11 is 6.50. The molecule has 3 atom stereocenters. The van der Waals surface area contributed by atoms with Crippen LogP contribution < -0.4 is 0 Å². The third-order valence-electron chi connectivity index (χ3n) is 4.24. The van der Waals surface area contributed by atoms with Crippen molar-refractivity contribution in [1.82, 2.24) is 9.78 Å². The van der Waals surface area contributed by atoms with Crippen LogP contribution in [0.15, 0.2) is 12.3 Å². The highest BCUT2D eigenvalue weighted by Crippen LogP contribution is 2.30. The van der Waals surface area contributed by atoms with Crippen LogP contribution in [0.3, 0.4) is 0 Å². The van der Waals surface area contributed by atoms with E-state index in [-0.39, 0.29) is 0 Å². The maximum absolute atomic E-state index is 6.50. The van der Waals surface area contributed by atoms with Crippen molar-refractivity contribution in [1.29, 1.82) is 0 Å². The quantitative estimate of drug-likeness (QED) is 0.577. The second kappa shape index (κ2) is 6.60. The van der Waals surface area contributed by atoms with Crippen LogP contribution in [0.1, 0.15) is 64.1 Å². The molecule has 0 radical (unpaired) electrons. The summed E-state index contributed by atoms with van der Waals surface area (Å²) in [6, 6.07) is 2.67. The van der Waals surface area contributed by atoms with Gasteiger partial charge in [0.15, 0.2) is 0 Å². The first-order valence-corrected chi connectivity index (χ1v) is 7.82. The summed E-state index contributed by atoms with van der Waals surface area (Å²) in [7, 11) is 0. The van der Waals surface area contributed by atoms with Crippen LogP contribution in [0.25, 0.3) is 0 Å². The smallest absolute Gasteiger partial charge is 0.0628 e. The topological polar surface area (TPSA) is 17.8 Å². The zero-order valence-corrected chi connectivity index (χ0v) is 12.4. The van der Waals surface area contributed by atoms with Gasteiger partial charge in [0.1, 0.15) is 0 Å². The molecule has 2 nitrogen and oxygen atoms in total. The Morgan fingerprint density at radius 2 is 2.17 bits per heavy atom. The fourth-order valence-electron chi connectivity index (χ4n) is 2.76. The molecule has 2 rings (SSSR count). The summed E-state index contributed by atoms with van der Waals surface area (Å²) in [6.45, 7) is 4.42. The summed E-state index contributed by atoms with van der Waals surface area (Å²) in [5.41, 5.74) is 1.22. The molecule has 1 fully saturated rings. The van der Waals surface area contributed by atoms with Crippen LogP contribution in [-0.4, -0.2) is 15.2 Å². The zero-order chi connectivity index (χ0) is 13.0. The molecule has 18 heavy (non-hydrogen) atoms. The van der Waals surface area contributed by atoms with Crippen LogP contribution >= 0.6 is 11.6 Å². The van der Waals surface area contributed by atoms with Gasteiger partial charge in [0.2, 0.25) is 0 Å². The van der Waals surface area contributed by atoms with Gasteiger partial charge in [0.25, 0.3) is 0 Å². The summed E-state index contributed by atoms with van der Waals surface area (Å²) in [5, 5.41) is 5.05. The van der Waals surface area contributed by atoms with E-state index in [1.165, 1.54) is 37.8 Å². The number of hydrogen-bond donors (Lipinski definition) is 0. The van der Waals surface area contributed by atoms with E-state index >= 15 is 0 Å². The van der Waals surface area contributed by atoms with Gasteiger partial charge in [-0.05, 0) is 44.6 Å². The standard InChI is InChI=1S/C15H25ClN2/c1-3-12(2)18-10-9-14(17-18)11-13-7-5-4-6-8-15(13)16/h9-10,12-13,15H,3-8,11H2,1-2H3. The van der Waals surface area contributed by atoms with Crippen molar-refractivity contribution in [2.75, 3.05) is 0 Å². The number of alkyl halides is 1. The minimum Gasteiger partial charge on any atom is -0.270 e. The molecule has 0 aliphatic heterocycles. The van der Waals surface area contributed by atoms with E-state index in [9.17, 15) is 0 Å². The lowest BCUT2D eigenvalue weighted by Gasteiger charge is -2.18. The summed E-state index contributed by atoms with van der Waals surface area (Å²) in [6.07, 6.45) is 10.7. The van der Waals surface area contributed by atoms with Gasteiger partial charge in [0, 0.05) is 17.6 Å². The summed E-state index contributed by atoms with van der Waals surface area (Å²) < 4.78 is 2.09. The molecule has 0 N–H and O–H groups in total. The molecule has 1 aliphatic carbocycles. The fourth-order valence-corrected chi connectivity index (χ4v) is 3.13. The number of halogens is 1. The van der Waals surface area contributed by atoms with Gasteiger partial charge < -0.3 is 0 Å². The Labute approximate surface area is 116 Å². The molecule has 1 aromatic heterocycles. The van der Waals surface area contributed by atoms with E-state index < -0.39 is 0 Å². The minimum atomic E-state index is 0.348. The third-order valence-corrected chi connectivity index (χ3v) is 4.82. The highest BCUT2D eigenvalue weighted by atomic mass is 35.5. The SMILES string of the molecule is CCC(C)n1ccc(CC2CCCCCC2Cl)n1. The van der Waals surface area contributed by atoms with Crippen molar-refractivity contribution in [3.63, 3.8) is 0 Å². The second-order valence-corrected chi connectivity index (χ2v) is 6.22. The molecular weight excluding hydrogens is 244 g/mol. The summed E-state index contributed by atoms with van der Waals surface area (Å²) in [5.74, 6) is 0.620. The summed E-state index contributed by atoms with van der Waals surface area (Å²) in [4.78, 5) is 0. The van der Waals surface area contributed by atoms with E-state index in [1.807, 2.05) is 0 Å². The van der Waals surface area contributed by atoms with Gasteiger partial charge in [-0.25, -0.2) is 0 Å². The van der Waals surface area contributed by atoms with Gasteiger partial charge in [-0.15, -0.1) is 11.6 Å². The molecule has 102 valence electrons. The van der Waals surface area contributed by atoms with E-state index in [4.69, 9.17) is 16.7 Å². The van der Waals surface area contributed by atoms with E-state index in [0.717, 1.165) is 12.8 Å². The van der Waals surface area contributed by atoms with Crippen LogP contribution in [0.2, 0.25) is 0 Å². The van der Waals surface area contributed by atoms with Crippen molar-refractivity contribution >= 4 is 11.6 Å². The van der Waals surface area contributed by atoms with Crippen LogP contribution in [0, 0.1) is 5.92 Å². The largest absolute Gasteiger partial charge is 0.270 e. The van der Waals surface area contributed by atoms with Crippen molar-refractivity contribution in [2.24, 2.45) is 5.92 Å². The van der Waals surface area contributed by atoms with Gasteiger partial charge in [0.05, 0.1) is 5.69 Å². The molecule has 0 bridgehead atoms. The molecule has 0 saturated heterocycles. The Kier molecular flexibility index (Phi) is 5.11. The molecule has 3 unspecified atom stereocenters. The van der Waals surface area contributed by atoms with Crippen LogP contribution in [0.5, 0.6) is 0 Å². The molecule has 0 aromatic carbocycles. The number of hydrogen-bond acceptors (Lipinski definition) is 1. The predicted molar refractivity (Wildman–Crippen MR) is 77.1 cm³/mol. The number of rotatable bonds is 4. The van der Waals surface area contributed by atoms with Crippen molar-refractivity contribution < 1.29 is 0 Å². The van der Waals surface area contributed by atoms with Crippen molar-refractivity contribution in [3.8, 4) is 0 Å². The van der Waals surface area contributed by atoms with Crippen molar-refractivity contribution in [2.45, 2.75) is 70.2 Å². The average molecular weight is 269 g/mol. The Morgan fingerprint density at radius 3 is 2.94 bits per heavy atom. The zero-order valence-electron chi connectivity index (χ0n) is 11.6. The first kappa shape index (κ1) is 13.9. The highest BCUT2D eigenvalue weighted by molar-refractivity contribution is 6.20. The van der Waals surface area contributed by atoms with Gasteiger partial charge in [-0.3, -0.25) is 4.68 Å². The van der Waals surface area contributed by atoms with E-state index in [2.05, 4.69) is 30.8 Å². The maximum atomic E-state index is 6.50. The third kappa shape index (κ3) is 3.50. The van der Waals surface area contributed by atoms with Crippen LogP contribution in [0.4, 0.5) is 0 Å². The number of nitrogens with zero attached hydrogens (tertiary/aromatic N) is 2. The maximum Gasteiger partial charge on any atom is 0.0628 e.